The third-order valence-corrected chi connectivity index (χ3v) is 5.83. The van der Waals surface area contributed by atoms with Gasteiger partial charge in [-0.25, -0.2) is 9.37 Å². The third-order valence-electron chi connectivity index (χ3n) is 5.83. The van der Waals surface area contributed by atoms with Crippen molar-refractivity contribution >= 4 is 27.6 Å². The molecule has 1 aromatic carbocycles. The van der Waals surface area contributed by atoms with Gasteiger partial charge in [0.15, 0.2) is 0 Å². The molecular formula is C25H31F4N3. The molecule has 1 aromatic heterocycles. The van der Waals surface area contributed by atoms with Gasteiger partial charge in [0.05, 0.1) is 23.0 Å². The van der Waals surface area contributed by atoms with E-state index in [-0.39, 0.29) is 11.6 Å². The topological polar surface area (TPSA) is 28.2 Å². The van der Waals surface area contributed by atoms with Crippen LogP contribution in [0.5, 0.6) is 0 Å². The first-order chi connectivity index (χ1) is 15.0. The monoisotopic (exact) mass is 449 g/mol. The lowest BCUT2D eigenvalue weighted by atomic mass is 9.97. The zero-order valence-electron chi connectivity index (χ0n) is 19.1. The highest BCUT2D eigenvalue weighted by Gasteiger charge is 2.35. The lowest BCUT2D eigenvalue weighted by Gasteiger charge is -2.33. The molecular weight excluding hydrogens is 418 g/mol. The maximum absolute atomic E-state index is 14.7. The van der Waals surface area contributed by atoms with Crippen LogP contribution in [-0.2, 0) is 0 Å². The highest BCUT2D eigenvalue weighted by Crippen LogP contribution is 2.38. The summed E-state index contributed by atoms with van der Waals surface area (Å²) >= 11 is 0. The normalized spacial score (nSPS) is 20.7. The lowest BCUT2D eigenvalue weighted by Crippen LogP contribution is -2.46. The molecule has 2 heterocycles. The Kier molecular flexibility index (Phi) is 7.28. The number of piperidine rings is 1. The molecule has 0 amide bonds. The van der Waals surface area contributed by atoms with Crippen LogP contribution in [0, 0.1) is 5.92 Å². The molecule has 0 saturated carbocycles. The van der Waals surface area contributed by atoms with Crippen molar-refractivity contribution in [2.24, 2.45) is 5.92 Å². The number of hydrogen-bond donors (Lipinski definition) is 1. The van der Waals surface area contributed by atoms with Gasteiger partial charge in [-0.1, -0.05) is 45.6 Å². The molecule has 2 atom stereocenters. The Bertz CT molecular complexity index is 1010. The average molecular weight is 450 g/mol. The summed E-state index contributed by atoms with van der Waals surface area (Å²) in [5, 5.41) is 4.21. The summed E-state index contributed by atoms with van der Waals surface area (Å²) in [6.45, 7) is 10.4. The van der Waals surface area contributed by atoms with Crippen LogP contribution in [0.1, 0.15) is 45.0 Å². The van der Waals surface area contributed by atoms with E-state index < -0.39 is 24.0 Å². The molecule has 3 nitrogen and oxygen atoms in total. The molecule has 1 fully saturated rings. The number of hydrogen-bond acceptors (Lipinski definition) is 3. The summed E-state index contributed by atoms with van der Waals surface area (Å²) < 4.78 is 55.5. The first-order valence-electron chi connectivity index (χ1n) is 11.0. The van der Waals surface area contributed by atoms with E-state index in [0.717, 1.165) is 12.1 Å². The Morgan fingerprint density at radius 1 is 1.31 bits per heavy atom. The van der Waals surface area contributed by atoms with Crippen LogP contribution in [-0.4, -0.2) is 48.4 Å². The maximum Gasteiger partial charge on any atom is 0.417 e. The van der Waals surface area contributed by atoms with Gasteiger partial charge in [0.25, 0.3) is 0 Å². The molecule has 7 heteroatoms. The van der Waals surface area contributed by atoms with Gasteiger partial charge in [-0.3, -0.25) is 0 Å². The number of anilines is 1. The summed E-state index contributed by atoms with van der Waals surface area (Å²) in [7, 11) is 1.88. The van der Waals surface area contributed by atoms with Crippen molar-refractivity contribution in [3.05, 3.63) is 48.3 Å². The van der Waals surface area contributed by atoms with Gasteiger partial charge in [-0.05, 0) is 43.5 Å². The molecule has 0 bridgehead atoms. The van der Waals surface area contributed by atoms with Gasteiger partial charge in [-0.15, -0.1) is 0 Å². The van der Waals surface area contributed by atoms with Gasteiger partial charge in [0, 0.05) is 29.5 Å². The largest absolute Gasteiger partial charge is 0.417 e. The standard InChI is InChI=1S/C25H31F4N3/c1-6-17(12-15(2)3)23-13-19-18(24(31-23)16(4)25(27,28)29)8-7-9-21(19)30-22-10-11-32(5)14-20(22)26/h7-9,12-13,15,20,22,30H,4,6,10-11,14H2,1-3,5H3/b17-12+/t20-,22+/m0/s1. The van der Waals surface area contributed by atoms with E-state index in [1.807, 2.05) is 44.9 Å². The highest BCUT2D eigenvalue weighted by molar-refractivity contribution is 6.01. The van der Waals surface area contributed by atoms with Crippen molar-refractivity contribution in [1.29, 1.82) is 0 Å². The van der Waals surface area contributed by atoms with E-state index >= 15 is 0 Å². The number of alkyl halides is 4. The fraction of sp³-hybridized carbons (Fsp3) is 0.480. The van der Waals surface area contributed by atoms with Crippen LogP contribution in [0.2, 0.25) is 0 Å². The molecule has 0 unspecified atom stereocenters. The number of fused-ring (bicyclic) bond motifs is 1. The second kappa shape index (κ2) is 9.61. The minimum absolute atomic E-state index is 0.183. The Hall–Kier alpha value is -2.41. The minimum Gasteiger partial charge on any atom is -0.379 e. The summed E-state index contributed by atoms with van der Waals surface area (Å²) in [6.07, 6.45) is -2.41. The van der Waals surface area contributed by atoms with Crippen LogP contribution in [0.15, 0.2) is 36.9 Å². The molecule has 2 aromatic rings. The SMILES string of the molecule is C=C(c1nc(/C(=C/C(C)C)CC)cc2c(N[C@@H]3CCN(C)C[C@@H]3F)cccc12)C(F)(F)F. The number of likely N-dealkylation sites (tertiary alicyclic amines) is 1. The van der Waals surface area contributed by atoms with E-state index in [1.165, 1.54) is 0 Å². The van der Waals surface area contributed by atoms with E-state index in [4.69, 9.17) is 0 Å². The molecule has 174 valence electrons. The van der Waals surface area contributed by atoms with E-state index in [2.05, 4.69) is 16.9 Å². The Labute approximate surface area is 187 Å². The van der Waals surface area contributed by atoms with Crippen molar-refractivity contribution < 1.29 is 17.6 Å². The van der Waals surface area contributed by atoms with E-state index in [1.54, 1.807) is 18.2 Å². The molecule has 0 aliphatic carbocycles. The number of benzene rings is 1. The average Bonchev–Trinajstić information content (AvgIpc) is 2.72. The quantitative estimate of drug-likeness (QED) is 0.497. The minimum atomic E-state index is -4.60. The second-order valence-corrected chi connectivity index (χ2v) is 8.84. The van der Waals surface area contributed by atoms with Crippen LogP contribution in [0.3, 0.4) is 0 Å². The third kappa shape index (κ3) is 5.31. The predicted molar refractivity (Wildman–Crippen MR) is 124 cm³/mol. The summed E-state index contributed by atoms with van der Waals surface area (Å²) in [6, 6.07) is 6.48. The van der Waals surface area contributed by atoms with Gasteiger partial charge >= 0.3 is 6.18 Å². The predicted octanol–water partition coefficient (Wildman–Crippen LogP) is 6.71. The van der Waals surface area contributed by atoms with Crippen LogP contribution in [0.4, 0.5) is 23.2 Å². The van der Waals surface area contributed by atoms with E-state index in [9.17, 15) is 17.6 Å². The van der Waals surface area contributed by atoms with Crippen molar-refractivity contribution in [3.63, 3.8) is 0 Å². The number of halogens is 4. The van der Waals surface area contributed by atoms with Crippen LogP contribution in [0.25, 0.3) is 21.9 Å². The first kappa shape index (κ1) is 24.2. The van der Waals surface area contributed by atoms with Gasteiger partial charge in [0.1, 0.15) is 6.17 Å². The fourth-order valence-electron chi connectivity index (χ4n) is 4.14. The number of nitrogens with one attached hydrogen (secondary N) is 1. The van der Waals surface area contributed by atoms with Crippen LogP contribution >= 0.6 is 0 Å². The number of pyridine rings is 1. The van der Waals surface area contributed by atoms with Gasteiger partial charge in [-0.2, -0.15) is 13.2 Å². The summed E-state index contributed by atoms with van der Waals surface area (Å²) in [5.74, 6) is 0.219. The lowest BCUT2D eigenvalue weighted by molar-refractivity contribution is -0.0688. The molecule has 1 aliphatic rings. The number of aromatic nitrogens is 1. The molecule has 1 N–H and O–H groups in total. The zero-order valence-corrected chi connectivity index (χ0v) is 19.1. The highest BCUT2D eigenvalue weighted by atomic mass is 19.4. The van der Waals surface area contributed by atoms with Crippen molar-refractivity contribution in [3.8, 4) is 0 Å². The molecule has 1 aliphatic heterocycles. The van der Waals surface area contributed by atoms with Gasteiger partial charge < -0.3 is 10.2 Å². The molecule has 1 saturated heterocycles. The van der Waals surface area contributed by atoms with Crippen molar-refractivity contribution in [2.75, 3.05) is 25.5 Å². The summed E-state index contributed by atoms with van der Waals surface area (Å²) in [5.41, 5.74) is 0.805. The van der Waals surface area contributed by atoms with Gasteiger partial charge in [0.2, 0.25) is 0 Å². The molecule has 0 radical (unpaired) electrons. The Balaban J connectivity index is 2.18. The fourth-order valence-corrected chi connectivity index (χ4v) is 4.14. The number of allylic oxidation sites excluding steroid dienone is 3. The molecule has 0 spiro atoms. The van der Waals surface area contributed by atoms with Crippen molar-refractivity contribution in [1.82, 2.24) is 9.88 Å². The smallest absolute Gasteiger partial charge is 0.379 e. The summed E-state index contributed by atoms with van der Waals surface area (Å²) in [4.78, 5) is 6.34. The number of nitrogens with zero attached hydrogens (tertiary/aromatic N) is 2. The zero-order chi connectivity index (χ0) is 23.6. The van der Waals surface area contributed by atoms with Crippen LogP contribution < -0.4 is 5.32 Å². The van der Waals surface area contributed by atoms with E-state index in [0.29, 0.717) is 41.5 Å². The maximum atomic E-state index is 14.7. The van der Waals surface area contributed by atoms with Crippen molar-refractivity contribution in [2.45, 2.75) is 52.0 Å². The second-order valence-electron chi connectivity index (χ2n) is 8.84. The molecule has 32 heavy (non-hydrogen) atoms. The Morgan fingerprint density at radius 2 is 2.03 bits per heavy atom. The molecule has 3 rings (SSSR count). The number of rotatable bonds is 6. The Morgan fingerprint density at radius 3 is 2.62 bits per heavy atom. The first-order valence-corrected chi connectivity index (χ1v) is 11.0.